The van der Waals surface area contributed by atoms with Crippen molar-refractivity contribution >= 4 is 17.4 Å². The molecule has 1 heterocycles. The number of aryl methyl sites for hydroxylation is 1. The van der Waals surface area contributed by atoms with E-state index in [1.165, 1.54) is 0 Å². The smallest absolute Gasteiger partial charge is 0.125 e. The van der Waals surface area contributed by atoms with Crippen molar-refractivity contribution in [3.05, 3.63) is 23.4 Å². The third-order valence-electron chi connectivity index (χ3n) is 1.61. The Bertz CT molecular complexity index is 248. The second-order valence-electron chi connectivity index (χ2n) is 2.38. The Kier molecular flexibility index (Phi) is 2.71. The minimum absolute atomic E-state index is 0.545. The first-order chi connectivity index (χ1) is 5.27. The molecule has 0 fully saturated rings. The standard InChI is InChI=1S/C8H11ClN2/c1-6-5-11-8(10-2)3-7(6)4-9/h3,5H,4H2,1-2H3,(H,10,11). The summed E-state index contributed by atoms with van der Waals surface area (Å²) in [5.41, 5.74) is 2.27. The van der Waals surface area contributed by atoms with Gasteiger partial charge in [-0.2, -0.15) is 0 Å². The predicted molar refractivity (Wildman–Crippen MR) is 48.1 cm³/mol. The summed E-state index contributed by atoms with van der Waals surface area (Å²) < 4.78 is 0. The molecule has 0 unspecified atom stereocenters. The average molecular weight is 171 g/mol. The number of hydrogen-bond acceptors (Lipinski definition) is 2. The number of nitrogens with zero attached hydrogens (tertiary/aromatic N) is 1. The first kappa shape index (κ1) is 8.34. The zero-order chi connectivity index (χ0) is 8.27. The zero-order valence-electron chi connectivity index (χ0n) is 6.69. The molecule has 0 aliphatic rings. The minimum atomic E-state index is 0.545. The van der Waals surface area contributed by atoms with Gasteiger partial charge >= 0.3 is 0 Å². The van der Waals surface area contributed by atoms with Gasteiger partial charge in [-0.3, -0.25) is 0 Å². The van der Waals surface area contributed by atoms with Crippen LogP contribution in [0.15, 0.2) is 12.3 Å². The quantitative estimate of drug-likeness (QED) is 0.689. The van der Waals surface area contributed by atoms with Gasteiger partial charge in [-0.15, -0.1) is 11.6 Å². The monoisotopic (exact) mass is 170 g/mol. The van der Waals surface area contributed by atoms with E-state index >= 15 is 0 Å². The maximum absolute atomic E-state index is 5.71. The molecule has 1 aromatic rings. The predicted octanol–water partition coefficient (Wildman–Crippen LogP) is 2.17. The molecule has 1 rings (SSSR count). The van der Waals surface area contributed by atoms with E-state index in [9.17, 15) is 0 Å². The van der Waals surface area contributed by atoms with E-state index in [4.69, 9.17) is 11.6 Å². The number of hydrogen-bond donors (Lipinski definition) is 1. The second-order valence-corrected chi connectivity index (χ2v) is 2.65. The van der Waals surface area contributed by atoms with Crippen LogP contribution >= 0.6 is 11.6 Å². The summed E-state index contributed by atoms with van der Waals surface area (Å²) in [7, 11) is 1.84. The fourth-order valence-electron chi connectivity index (χ4n) is 0.846. The number of nitrogens with one attached hydrogen (secondary N) is 1. The summed E-state index contributed by atoms with van der Waals surface area (Å²) in [6, 6.07) is 1.96. The van der Waals surface area contributed by atoms with Crippen LogP contribution in [-0.2, 0) is 5.88 Å². The summed E-state index contributed by atoms with van der Waals surface area (Å²) in [4.78, 5) is 4.14. The summed E-state index contributed by atoms with van der Waals surface area (Å²) >= 11 is 5.71. The Morgan fingerprint density at radius 2 is 2.36 bits per heavy atom. The molecule has 11 heavy (non-hydrogen) atoms. The molecule has 0 spiro atoms. The lowest BCUT2D eigenvalue weighted by atomic mass is 10.2. The number of aromatic nitrogens is 1. The molecule has 0 atom stereocenters. The Balaban J connectivity index is 3.02. The van der Waals surface area contributed by atoms with E-state index in [1.54, 1.807) is 0 Å². The minimum Gasteiger partial charge on any atom is -0.373 e. The maximum atomic E-state index is 5.71. The lowest BCUT2D eigenvalue weighted by molar-refractivity contribution is 1.19. The van der Waals surface area contributed by atoms with Gasteiger partial charge in [0.1, 0.15) is 5.82 Å². The molecular formula is C8H11ClN2. The highest BCUT2D eigenvalue weighted by molar-refractivity contribution is 6.17. The van der Waals surface area contributed by atoms with Gasteiger partial charge in [-0.05, 0) is 24.1 Å². The number of anilines is 1. The van der Waals surface area contributed by atoms with Gasteiger partial charge in [0.05, 0.1) is 0 Å². The van der Waals surface area contributed by atoms with Crippen LogP contribution in [0.5, 0.6) is 0 Å². The number of alkyl halides is 1. The maximum Gasteiger partial charge on any atom is 0.125 e. The number of rotatable bonds is 2. The van der Waals surface area contributed by atoms with Crippen LogP contribution in [0.2, 0.25) is 0 Å². The Labute approximate surface area is 71.6 Å². The molecule has 0 amide bonds. The van der Waals surface area contributed by atoms with Gasteiger partial charge in [0.25, 0.3) is 0 Å². The molecule has 2 nitrogen and oxygen atoms in total. The molecule has 1 aromatic heterocycles. The van der Waals surface area contributed by atoms with Crippen LogP contribution in [0.1, 0.15) is 11.1 Å². The summed E-state index contributed by atoms with van der Waals surface area (Å²) in [6.07, 6.45) is 1.82. The van der Waals surface area contributed by atoms with Crippen LogP contribution in [0.4, 0.5) is 5.82 Å². The van der Waals surface area contributed by atoms with Crippen molar-refractivity contribution < 1.29 is 0 Å². The lowest BCUT2D eigenvalue weighted by Gasteiger charge is -2.03. The summed E-state index contributed by atoms with van der Waals surface area (Å²) in [6.45, 7) is 2.00. The first-order valence-corrected chi connectivity index (χ1v) is 4.00. The molecule has 0 aromatic carbocycles. The van der Waals surface area contributed by atoms with Crippen molar-refractivity contribution in [2.45, 2.75) is 12.8 Å². The van der Waals surface area contributed by atoms with Crippen molar-refractivity contribution in [3.8, 4) is 0 Å². The molecule has 0 radical (unpaired) electrons. The molecule has 0 aliphatic heterocycles. The van der Waals surface area contributed by atoms with Gasteiger partial charge in [-0.25, -0.2) is 4.98 Å². The SMILES string of the molecule is CNc1cc(CCl)c(C)cn1. The fraction of sp³-hybridized carbons (Fsp3) is 0.375. The van der Waals surface area contributed by atoms with E-state index in [-0.39, 0.29) is 0 Å². The van der Waals surface area contributed by atoms with Crippen LogP contribution in [-0.4, -0.2) is 12.0 Å². The molecule has 0 saturated heterocycles. The third-order valence-corrected chi connectivity index (χ3v) is 1.90. The molecule has 0 aliphatic carbocycles. The van der Waals surface area contributed by atoms with E-state index < -0.39 is 0 Å². The molecule has 60 valence electrons. The van der Waals surface area contributed by atoms with Crippen LogP contribution in [0, 0.1) is 6.92 Å². The van der Waals surface area contributed by atoms with Crippen molar-refractivity contribution in [1.29, 1.82) is 0 Å². The second kappa shape index (κ2) is 3.58. The van der Waals surface area contributed by atoms with E-state index in [0.717, 1.165) is 16.9 Å². The van der Waals surface area contributed by atoms with Crippen LogP contribution in [0.3, 0.4) is 0 Å². The highest BCUT2D eigenvalue weighted by atomic mass is 35.5. The largest absolute Gasteiger partial charge is 0.373 e. The average Bonchev–Trinajstić information content (AvgIpc) is 2.05. The van der Waals surface area contributed by atoms with Crippen LogP contribution < -0.4 is 5.32 Å². The normalized spacial score (nSPS) is 9.73. The third kappa shape index (κ3) is 1.84. The van der Waals surface area contributed by atoms with Crippen molar-refractivity contribution in [2.75, 3.05) is 12.4 Å². The molecule has 0 saturated carbocycles. The van der Waals surface area contributed by atoms with Gasteiger partial charge < -0.3 is 5.32 Å². The Hall–Kier alpha value is -0.760. The van der Waals surface area contributed by atoms with E-state index in [1.807, 2.05) is 26.2 Å². The first-order valence-electron chi connectivity index (χ1n) is 3.47. The number of pyridine rings is 1. The van der Waals surface area contributed by atoms with Gasteiger partial charge in [-0.1, -0.05) is 0 Å². The van der Waals surface area contributed by atoms with E-state index in [2.05, 4.69) is 10.3 Å². The van der Waals surface area contributed by atoms with Crippen LogP contribution in [0.25, 0.3) is 0 Å². The Morgan fingerprint density at radius 3 is 2.91 bits per heavy atom. The molecule has 1 N–H and O–H groups in total. The number of halogens is 1. The van der Waals surface area contributed by atoms with Gasteiger partial charge in [0.2, 0.25) is 0 Å². The summed E-state index contributed by atoms with van der Waals surface area (Å²) in [5, 5.41) is 2.96. The van der Waals surface area contributed by atoms with Gasteiger partial charge in [0, 0.05) is 19.1 Å². The molecule has 0 bridgehead atoms. The van der Waals surface area contributed by atoms with E-state index in [0.29, 0.717) is 5.88 Å². The van der Waals surface area contributed by atoms with Crippen molar-refractivity contribution in [3.63, 3.8) is 0 Å². The zero-order valence-corrected chi connectivity index (χ0v) is 7.44. The van der Waals surface area contributed by atoms with Gasteiger partial charge in [0.15, 0.2) is 0 Å². The topological polar surface area (TPSA) is 24.9 Å². The highest BCUT2D eigenvalue weighted by Crippen LogP contribution is 2.13. The Morgan fingerprint density at radius 1 is 1.64 bits per heavy atom. The highest BCUT2D eigenvalue weighted by Gasteiger charge is 1.97. The van der Waals surface area contributed by atoms with Crippen molar-refractivity contribution in [1.82, 2.24) is 4.98 Å². The summed E-state index contributed by atoms with van der Waals surface area (Å²) in [5.74, 6) is 1.41. The van der Waals surface area contributed by atoms with Crippen molar-refractivity contribution in [2.24, 2.45) is 0 Å². The lowest BCUT2D eigenvalue weighted by Crippen LogP contribution is -1.94. The molecule has 3 heteroatoms. The fourth-order valence-corrected chi connectivity index (χ4v) is 1.13. The molecular weight excluding hydrogens is 160 g/mol.